The second-order valence-corrected chi connectivity index (χ2v) is 8.04. The Morgan fingerprint density at radius 2 is 1.90 bits per heavy atom. The van der Waals surface area contributed by atoms with Gasteiger partial charge >= 0.3 is 5.97 Å². The van der Waals surface area contributed by atoms with Crippen LogP contribution in [0.4, 0.5) is 0 Å². The highest BCUT2D eigenvalue weighted by molar-refractivity contribution is 7.87. The van der Waals surface area contributed by atoms with Gasteiger partial charge in [-0.25, -0.2) is 0 Å². The fourth-order valence-electron chi connectivity index (χ4n) is 2.31. The largest absolute Gasteiger partial charge is 0.480 e. The van der Waals surface area contributed by atoms with Gasteiger partial charge in [-0.05, 0) is 19.8 Å². The van der Waals surface area contributed by atoms with Gasteiger partial charge in [0.1, 0.15) is 12.1 Å². The van der Waals surface area contributed by atoms with Crippen LogP contribution in [0.3, 0.4) is 0 Å². The Kier molecular flexibility index (Phi) is 9.72. The van der Waals surface area contributed by atoms with Gasteiger partial charge in [0.25, 0.3) is 10.2 Å². The zero-order valence-electron chi connectivity index (χ0n) is 16.6. The van der Waals surface area contributed by atoms with Crippen LogP contribution in [0.1, 0.15) is 50.0 Å². The molecule has 0 radical (unpaired) electrons. The van der Waals surface area contributed by atoms with Gasteiger partial charge in [0.15, 0.2) is 11.8 Å². The van der Waals surface area contributed by atoms with E-state index in [0.29, 0.717) is 19.4 Å². The number of carboxylic acid groups (broad SMARTS) is 1. The molecule has 12 N–H and O–H groups in total. The molecule has 0 aliphatic heterocycles. The monoisotopic (exact) mass is 465 g/mol. The second kappa shape index (κ2) is 11.5. The minimum Gasteiger partial charge on any atom is -0.480 e. The van der Waals surface area contributed by atoms with E-state index in [4.69, 9.17) is 32.6 Å². The summed E-state index contributed by atoms with van der Waals surface area (Å²) in [6.45, 7) is 1.41. The normalized spacial score (nSPS) is 15.6. The maximum Gasteiger partial charge on any atom is 0.324 e. The van der Waals surface area contributed by atoms with Crippen LogP contribution in [-0.2, 0) is 19.8 Å². The van der Waals surface area contributed by atoms with E-state index >= 15 is 0 Å². The molecule has 4 atom stereocenters. The predicted molar refractivity (Wildman–Crippen MR) is 106 cm³/mol. The molecule has 1 amide bonds. The maximum atomic E-state index is 12.3. The van der Waals surface area contributed by atoms with Gasteiger partial charge in [0, 0.05) is 6.54 Å². The van der Waals surface area contributed by atoms with E-state index in [0.717, 1.165) is 6.92 Å². The zero-order valence-corrected chi connectivity index (χ0v) is 17.4. The van der Waals surface area contributed by atoms with Crippen molar-refractivity contribution < 1.29 is 32.7 Å². The van der Waals surface area contributed by atoms with Crippen LogP contribution in [0, 0.1) is 0 Å². The van der Waals surface area contributed by atoms with Crippen molar-refractivity contribution in [1.82, 2.24) is 19.6 Å². The summed E-state index contributed by atoms with van der Waals surface area (Å²) in [5.41, 5.74) is 21.5. The highest BCUT2D eigenvalue weighted by atomic mass is 32.2. The van der Waals surface area contributed by atoms with Crippen molar-refractivity contribution >= 4 is 28.0 Å². The summed E-state index contributed by atoms with van der Waals surface area (Å²) in [7, 11) is -4.55. The number of carbonyl (C=O) groups excluding carboxylic acids is 1. The third-order valence-corrected chi connectivity index (χ3v) is 4.95. The van der Waals surface area contributed by atoms with Crippen LogP contribution in [0.25, 0.3) is 0 Å². The van der Waals surface area contributed by atoms with Crippen molar-refractivity contribution in [2.24, 2.45) is 27.9 Å². The number of aliphatic carboxylic acids is 1. The number of hydrogen-bond acceptors (Lipinski definition) is 10. The number of aliphatic hydroxyl groups is 1. The fourth-order valence-corrected chi connectivity index (χ4v) is 3.57. The molecule has 1 aromatic rings. The molecule has 1 unspecified atom stereocenters. The molecule has 176 valence electrons. The van der Waals surface area contributed by atoms with E-state index in [1.807, 2.05) is 4.72 Å². The lowest BCUT2D eigenvalue weighted by atomic mass is 10.1. The Balaban J connectivity index is 2.94. The zero-order chi connectivity index (χ0) is 23.8. The first kappa shape index (κ1) is 26.2. The highest BCUT2D eigenvalue weighted by Gasteiger charge is 2.32. The van der Waals surface area contributed by atoms with Crippen molar-refractivity contribution in [3.8, 4) is 0 Å². The lowest BCUT2D eigenvalue weighted by Gasteiger charge is -2.19. The summed E-state index contributed by atoms with van der Waals surface area (Å²) in [5.74, 6) is -2.86. The molecule has 0 spiro atoms. The number of rotatable bonds is 14. The van der Waals surface area contributed by atoms with E-state index in [-0.39, 0.29) is 17.7 Å². The average molecular weight is 465 g/mol. The fraction of sp³-hybridized carbons (Fsp3) is 0.643. The number of nitrogens with zero attached hydrogens (tertiary/aromatic N) is 3. The van der Waals surface area contributed by atoms with Crippen LogP contribution in [-0.4, -0.2) is 65.3 Å². The first-order chi connectivity index (χ1) is 14.3. The molecule has 31 heavy (non-hydrogen) atoms. The number of hydrogen-bond donors (Lipinski definition) is 8. The van der Waals surface area contributed by atoms with Gasteiger partial charge in [0.2, 0.25) is 11.8 Å². The molecule has 17 heteroatoms. The van der Waals surface area contributed by atoms with Crippen molar-refractivity contribution in [3.63, 3.8) is 0 Å². The molecule has 0 bridgehead atoms. The third-order valence-electron chi connectivity index (χ3n) is 3.79. The number of aliphatic hydroxyl groups excluding tert-OH is 1. The topological polar surface area (TPSA) is 288 Å². The first-order valence-electron chi connectivity index (χ1n) is 8.95. The summed E-state index contributed by atoms with van der Waals surface area (Å²) < 4.78 is 33.3. The van der Waals surface area contributed by atoms with Gasteiger partial charge < -0.3 is 37.7 Å². The number of nitrogens with two attached hydrogens (primary N) is 4. The van der Waals surface area contributed by atoms with E-state index in [9.17, 15) is 23.1 Å². The molecule has 1 aromatic heterocycles. The van der Waals surface area contributed by atoms with Gasteiger partial charge in [-0.3, -0.25) is 14.6 Å². The van der Waals surface area contributed by atoms with Crippen molar-refractivity contribution in [1.29, 1.82) is 0 Å². The van der Waals surface area contributed by atoms with Crippen LogP contribution in [0.15, 0.2) is 9.52 Å². The summed E-state index contributed by atoms with van der Waals surface area (Å²) >= 11 is 0. The van der Waals surface area contributed by atoms with Crippen molar-refractivity contribution in [3.05, 3.63) is 11.7 Å². The molecule has 16 nitrogen and oxygen atoms in total. The average Bonchev–Trinajstić information content (AvgIpc) is 3.11. The SMILES string of the molecule is CC(O)[C@H](NS(=O)(=O)N[C@@H](CC(N)=O)c1nc([C@@H](N)CCCN=C(N)N)no1)C(=O)O. The van der Waals surface area contributed by atoms with Crippen molar-refractivity contribution in [2.75, 3.05) is 6.54 Å². The van der Waals surface area contributed by atoms with E-state index in [1.165, 1.54) is 0 Å². The molecule has 0 aliphatic rings. The third kappa shape index (κ3) is 9.22. The Morgan fingerprint density at radius 3 is 2.42 bits per heavy atom. The Labute approximate surface area is 177 Å². The van der Waals surface area contributed by atoms with Gasteiger partial charge in [-0.1, -0.05) is 5.16 Å². The van der Waals surface area contributed by atoms with Gasteiger partial charge in [-0.2, -0.15) is 22.8 Å². The smallest absolute Gasteiger partial charge is 0.324 e. The molecule has 0 aliphatic carbocycles. The molecule has 1 heterocycles. The van der Waals surface area contributed by atoms with E-state index < -0.39 is 52.7 Å². The molecular weight excluding hydrogens is 438 g/mol. The van der Waals surface area contributed by atoms with Crippen LogP contribution in [0.2, 0.25) is 0 Å². The number of carboxylic acids is 1. The Hall–Kier alpha value is -2.86. The minimum absolute atomic E-state index is 0.0359. The maximum absolute atomic E-state index is 12.3. The van der Waals surface area contributed by atoms with Gasteiger partial charge in [0.05, 0.1) is 18.6 Å². The molecule has 0 saturated carbocycles. The number of primary amides is 1. The number of aromatic nitrogens is 2. The first-order valence-corrected chi connectivity index (χ1v) is 10.4. The lowest BCUT2D eigenvalue weighted by molar-refractivity contribution is -0.141. The number of aliphatic imine (C=N–C) groups is 1. The number of guanidine groups is 1. The summed E-state index contributed by atoms with van der Waals surface area (Å²) in [6.07, 6.45) is -1.25. The highest BCUT2D eigenvalue weighted by Crippen LogP contribution is 2.19. The van der Waals surface area contributed by atoms with Crippen LogP contribution in [0.5, 0.6) is 0 Å². The second-order valence-electron chi connectivity index (χ2n) is 6.56. The molecular formula is C14H27N9O7S. The molecule has 0 fully saturated rings. The number of carbonyl (C=O) groups is 2. The summed E-state index contributed by atoms with van der Waals surface area (Å²) in [6, 6.07) is -3.94. The lowest BCUT2D eigenvalue weighted by Crippen LogP contribution is -2.52. The predicted octanol–water partition coefficient (Wildman–Crippen LogP) is -3.70. The Morgan fingerprint density at radius 1 is 1.26 bits per heavy atom. The van der Waals surface area contributed by atoms with Gasteiger partial charge in [-0.15, -0.1) is 0 Å². The van der Waals surface area contributed by atoms with Crippen LogP contribution >= 0.6 is 0 Å². The van der Waals surface area contributed by atoms with Crippen molar-refractivity contribution in [2.45, 2.75) is 50.4 Å². The van der Waals surface area contributed by atoms with E-state index in [2.05, 4.69) is 15.1 Å². The summed E-state index contributed by atoms with van der Waals surface area (Å²) in [5, 5.41) is 22.1. The molecule has 0 saturated heterocycles. The number of amides is 1. The number of nitrogens with one attached hydrogen (secondary N) is 2. The molecule has 1 rings (SSSR count). The quantitative estimate of drug-likeness (QED) is 0.0747. The standard InChI is InChI=1S/C14H27N9O7S/c1-6(24)10(13(26)27)23-31(28,29)22-8(5-9(16)25)12-20-11(21-30-12)7(15)3-2-4-19-14(17)18/h6-8,10,22-24H,2-5,15H2,1H3,(H2,16,25)(H,26,27)(H4,17,18,19)/t6?,7-,8-,10-/m0/s1. The van der Waals surface area contributed by atoms with Crippen LogP contribution < -0.4 is 32.4 Å². The summed E-state index contributed by atoms with van der Waals surface area (Å²) in [4.78, 5) is 30.3. The minimum atomic E-state index is -4.55. The Bertz CT molecular complexity index is 882. The molecule has 0 aromatic carbocycles. The van der Waals surface area contributed by atoms with E-state index in [1.54, 1.807) is 4.72 Å².